The van der Waals surface area contributed by atoms with Crippen molar-refractivity contribution >= 4 is 40.2 Å². The van der Waals surface area contributed by atoms with E-state index in [1.54, 1.807) is 18.2 Å². The van der Waals surface area contributed by atoms with Crippen LogP contribution in [0.5, 0.6) is 0 Å². The van der Waals surface area contributed by atoms with Crippen LogP contribution in [0.2, 0.25) is 0 Å². The number of rotatable bonds is 2. The Hall–Kier alpha value is -2.40. The van der Waals surface area contributed by atoms with Gasteiger partial charge in [-0.2, -0.15) is 0 Å². The summed E-state index contributed by atoms with van der Waals surface area (Å²) < 4.78 is 0. The zero-order valence-electron chi connectivity index (χ0n) is 11.0. The topological polar surface area (TPSA) is 67.2 Å². The summed E-state index contributed by atoms with van der Waals surface area (Å²) in [6.07, 6.45) is 0. The quantitative estimate of drug-likeness (QED) is 0.586. The van der Waals surface area contributed by atoms with Crippen molar-refractivity contribution in [2.24, 2.45) is 0 Å². The molecule has 20 heavy (non-hydrogen) atoms. The Morgan fingerprint density at radius 3 is 2.40 bits per heavy atom. The van der Waals surface area contributed by atoms with Crippen LogP contribution in [0.1, 0.15) is 5.56 Å². The number of benzene rings is 2. The molecular formula is C15H15N3OS. The summed E-state index contributed by atoms with van der Waals surface area (Å²) in [6.45, 7) is 1.92. The monoisotopic (exact) mass is 285 g/mol. The number of anilines is 3. The molecule has 0 spiro atoms. The zero-order valence-corrected chi connectivity index (χ0v) is 11.8. The number of thiocarbonyl (C=S) groups is 1. The number of nitrogens with one attached hydrogen (secondary N) is 2. The van der Waals surface area contributed by atoms with Crippen LogP contribution in [-0.4, -0.2) is 10.9 Å². The Labute approximate surface area is 123 Å². The van der Waals surface area contributed by atoms with E-state index in [4.69, 9.17) is 18.0 Å². The lowest BCUT2D eigenvalue weighted by atomic mass is 10.2. The molecule has 0 atom stereocenters. The van der Waals surface area contributed by atoms with Crippen LogP contribution in [0.4, 0.5) is 17.1 Å². The normalized spacial score (nSPS) is 9.85. The van der Waals surface area contributed by atoms with Crippen molar-refractivity contribution in [3.05, 3.63) is 54.1 Å². The Morgan fingerprint density at radius 1 is 1.05 bits per heavy atom. The lowest BCUT2D eigenvalue weighted by molar-refractivity contribution is -0.110. The van der Waals surface area contributed by atoms with Gasteiger partial charge in [0.15, 0.2) is 4.99 Å². The van der Waals surface area contributed by atoms with Crippen molar-refractivity contribution in [3.8, 4) is 0 Å². The van der Waals surface area contributed by atoms with E-state index in [0.29, 0.717) is 17.1 Å². The van der Waals surface area contributed by atoms with Crippen molar-refractivity contribution in [2.75, 3.05) is 16.4 Å². The first-order valence-corrected chi connectivity index (χ1v) is 6.50. The fraction of sp³-hybridized carbons (Fsp3) is 0.0667. The van der Waals surface area contributed by atoms with Crippen LogP contribution in [0.25, 0.3) is 0 Å². The largest absolute Gasteiger partial charge is 0.398 e. The number of nitrogen functional groups attached to an aromatic ring is 1. The molecule has 0 unspecified atom stereocenters. The van der Waals surface area contributed by atoms with Gasteiger partial charge in [0.2, 0.25) is 0 Å². The third-order valence-corrected chi connectivity index (χ3v) is 3.06. The van der Waals surface area contributed by atoms with Crippen LogP contribution < -0.4 is 16.4 Å². The van der Waals surface area contributed by atoms with Gasteiger partial charge in [0.25, 0.3) is 5.91 Å². The van der Waals surface area contributed by atoms with Crippen LogP contribution in [-0.2, 0) is 4.79 Å². The van der Waals surface area contributed by atoms with Gasteiger partial charge in [0, 0.05) is 17.1 Å². The SMILES string of the molecule is Cc1ccc(NC(=S)C(=O)Nc2ccccc2)cc1N. The molecule has 5 heteroatoms. The van der Waals surface area contributed by atoms with Crippen LogP contribution >= 0.6 is 12.2 Å². The summed E-state index contributed by atoms with van der Waals surface area (Å²) in [5, 5.41) is 5.58. The molecule has 0 aliphatic rings. The maximum absolute atomic E-state index is 11.9. The maximum atomic E-state index is 11.9. The Balaban J connectivity index is 2.01. The van der Waals surface area contributed by atoms with Gasteiger partial charge in [-0.15, -0.1) is 0 Å². The van der Waals surface area contributed by atoms with Crippen molar-refractivity contribution in [3.63, 3.8) is 0 Å². The molecule has 4 N–H and O–H groups in total. The van der Waals surface area contributed by atoms with Gasteiger partial charge in [-0.3, -0.25) is 4.79 Å². The van der Waals surface area contributed by atoms with Gasteiger partial charge in [-0.05, 0) is 36.8 Å². The third-order valence-electron chi connectivity index (χ3n) is 2.77. The highest BCUT2D eigenvalue weighted by molar-refractivity contribution is 7.82. The number of hydrogen-bond acceptors (Lipinski definition) is 3. The average Bonchev–Trinajstić information content (AvgIpc) is 2.44. The minimum absolute atomic E-state index is 0.0945. The molecule has 2 aromatic rings. The number of hydrogen-bond donors (Lipinski definition) is 3. The molecule has 0 aromatic heterocycles. The third kappa shape index (κ3) is 3.55. The van der Waals surface area contributed by atoms with E-state index in [9.17, 15) is 4.79 Å². The van der Waals surface area contributed by atoms with Gasteiger partial charge in [0.1, 0.15) is 0 Å². The fourth-order valence-corrected chi connectivity index (χ4v) is 1.78. The molecule has 0 aliphatic heterocycles. The molecule has 0 saturated heterocycles. The predicted octanol–water partition coefficient (Wildman–Crippen LogP) is 2.96. The van der Waals surface area contributed by atoms with E-state index >= 15 is 0 Å². The van der Waals surface area contributed by atoms with E-state index in [0.717, 1.165) is 5.56 Å². The lowest BCUT2D eigenvalue weighted by Gasteiger charge is -2.10. The standard InChI is InChI=1S/C15H15N3OS/c1-10-7-8-12(9-13(10)16)18-15(20)14(19)17-11-5-3-2-4-6-11/h2-9H,16H2,1H3,(H,17,19)(H,18,20). The second kappa shape index (κ2) is 6.16. The van der Waals surface area contributed by atoms with Gasteiger partial charge in [0.05, 0.1) is 0 Å². The highest BCUT2D eigenvalue weighted by Crippen LogP contribution is 2.17. The molecule has 0 radical (unpaired) electrons. The predicted molar refractivity (Wildman–Crippen MR) is 86.9 cm³/mol. The van der Waals surface area contributed by atoms with Crippen LogP contribution in [0, 0.1) is 6.92 Å². The molecule has 2 aromatic carbocycles. The summed E-state index contributed by atoms with van der Waals surface area (Å²) in [5.41, 5.74) is 8.84. The summed E-state index contributed by atoms with van der Waals surface area (Å²) in [7, 11) is 0. The number of para-hydroxylation sites is 1. The number of amides is 1. The smallest absolute Gasteiger partial charge is 0.283 e. The van der Waals surface area contributed by atoms with Crippen molar-refractivity contribution < 1.29 is 4.79 Å². The van der Waals surface area contributed by atoms with E-state index in [1.807, 2.05) is 37.3 Å². The number of carbonyl (C=O) groups excluding carboxylic acids is 1. The van der Waals surface area contributed by atoms with Gasteiger partial charge >= 0.3 is 0 Å². The number of carbonyl (C=O) groups is 1. The van der Waals surface area contributed by atoms with E-state index in [-0.39, 0.29) is 10.9 Å². The molecule has 1 amide bonds. The van der Waals surface area contributed by atoms with Gasteiger partial charge in [-0.1, -0.05) is 36.5 Å². The van der Waals surface area contributed by atoms with E-state index < -0.39 is 0 Å². The molecule has 102 valence electrons. The molecule has 0 saturated carbocycles. The Bertz CT molecular complexity index is 641. The van der Waals surface area contributed by atoms with E-state index in [1.165, 1.54) is 0 Å². The highest BCUT2D eigenvalue weighted by Gasteiger charge is 2.09. The lowest BCUT2D eigenvalue weighted by Crippen LogP contribution is -2.27. The van der Waals surface area contributed by atoms with Crippen LogP contribution in [0.3, 0.4) is 0 Å². The molecule has 0 aliphatic carbocycles. The number of aryl methyl sites for hydroxylation is 1. The Kier molecular flexibility index (Phi) is 4.32. The molecule has 0 bridgehead atoms. The van der Waals surface area contributed by atoms with Crippen molar-refractivity contribution in [2.45, 2.75) is 6.92 Å². The molecule has 2 rings (SSSR count). The minimum atomic E-state index is -0.356. The van der Waals surface area contributed by atoms with Crippen molar-refractivity contribution in [1.29, 1.82) is 0 Å². The summed E-state index contributed by atoms with van der Waals surface area (Å²) in [5.74, 6) is -0.356. The van der Waals surface area contributed by atoms with Crippen molar-refractivity contribution in [1.82, 2.24) is 0 Å². The second-order valence-electron chi connectivity index (χ2n) is 4.35. The second-order valence-corrected chi connectivity index (χ2v) is 4.75. The molecule has 0 heterocycles. The summed E-state index contributed by atoms with van der Waals surface area (Å²) >= 11 is 5.07. The average molecular weight is 285 g/mol. The summed E-state index contributed by atoms with van der Waals surface area (Å²) in [4.78, 5) is 12.0. The number of nitrogens with two attached hydrogens (primary N) is 1. The Morgan fingerprint density at radius 2 is 1.75 bits per heavy atom. The minimum Gasteiger partial charge on any atom is -0.398 e. The maximum Gasteiger partial charge on any atom is 0.283 e. The van der Waals surface area contributed by atoms with Crippen LogP contribution in [0.15, 0.2) is 48.5 Å². The first-order chi connectivity index (χ1) is 9.56. The van der Waals surface area contributed by atoms with Gasteiger partial charge in [-0.25, -0.2) is 0 Å². The first-order valence-electron chi connectivity index (χ1n) is 6.10. The van der Waals surface area contributed by atoms with Gasteiger partial charge < -0.3 is 16.4 Å². The fourth-order valence-electron chi connectivity index (χ4n) is 1.62. The first kappa shape index (κ1) is 14.0. The molecule has 0 fully saturated rings. The zero-order chi connectivity index (χ0) is 14.5. The highest BCUT2D eigenvalue weighted by atomic mass is 32.1. The van der Waals surface area contributed by atoms with E-state index in [2.05, 4.69) is 10.6 Å². The molecule has 4 nitrogen and oxygen atoms in total. The summed E-state index contributed by atoms with van der Waals surface area (Å²) in [6, 6.07) is 14.6. The molecular weight excluding hydrogens is 270 g/mol.